The number of rotatable bonds is 4. The minimum atomic E-state index is -4.11. The molecule has 0 N–H and O–H groups in total. The minimum Gasteiger partial charge on any atom is -0.466 e. The van der Waals surface area contributed by atoms with Crippen molar-refractivity contribution in [3.8, 4) is 0 Å². The fourth-order valence-electron chi connectivity index (χ4n) is 3.76. The molecule has 0 amide bonds. The molecule has 0 aromatic carbocycles. The average molecular weight is 307 g/mol. The quantitative estimate of drug-likeness (QED) is 0.744. The second-order valence-corrected chi connectivity index (χ2v) is 6.22. The lowest BCUT2D eigenvalue weighted by atomic mass is 9.73. The van der Waals surface area contributed by atoms with E-state index in [9.17, 15) is 18.0 Å². The van der Waals surface area contributed by atoms with Gasteiger partial charge in [-0.1, -0.05) is 0 Å². The van der Waals surface area contributed by atoms with Crippen molar-refractivity contribution in [2.75, 3.05) is 19.7 Å². The number of nitrogens with zero attached hydrogens (tertiary/aromatic N) is 1. The zero-order chi connectivity index (χ0) is 15.5. The van der Waals surface area contributed by atoms with E-state index in [1.807, 2.05) is 0 Å². The molecular weight excluding hydrogens is 283 g/mol. The van der Waals surface area contributed by atoms with Gasteiger partial charge in [0.15, 0.2) is 0 Å². The average Bonchev–Trinajstić information content (AvgIpc) is 2.92. The number of alkyl halides is 3. The molecule has 2 fully saturated rings. The summed E-state index contributed by atoms with van der Waals surface area (Å²) in [6.45, 7) is 3.84. The molecule has 3 nitrogen and oxygen atoms in total. The molecule has 6 heteroatoms. The van der Waals surface area contributed by atoms with Crippen LogP contribution < -0.4 is 0 Å². The molecule has 0 radical (unpaired) electrons. The SMILES string of the molecule is CCOC(=O)CC1(N2CCCC2)CCC(C(F)(F)F)CC1. The molecule has 2 aliphatic rings. The van der Waals surface area contributed by atoms with Crippen LogP contribution in [0.25, 0.3) is 0 Å². The van der Waals surface area contributed by atoms with Crippen molar-refractivity contribution in [2.24, 2.45) is 5.92 Å². The third-order valence-corrected chi connectivity index (χ3v) is 4.93. The van der Waals surface area contributed by atoms with Gasteiger partial charge in [-0.3, -0.25) is 9.69 Å². The van der Waals surface area contributed by atoms with Gasteiger partial charge < -0.3 is 4.74 Å². The molecule has 1 aliphatic carbocycles. The van der Waals surface area contributed by atoms with E-state index in [1.54, 1.807) is 6.92 Å². The van der Waals surface area contributed by atoms with Crippen molar-refractivity contribution in [3.05, 3.63) is 0 Å². The predicted octanol–water partition coefficient (Wildman–Crippen LogP) is 3.53. The molecule has 1 heterocycles. The normalized spacial score (nSPS) is 31.3. The van der Waals surface area contributed by atoms with Crippen LogP contribution in [0.4, 0.5) is 13.2 Å². The molecule has 2 rings (SSSR count). The van der Waals surface area contributed by atoms with Crippen LogP contribution in [-0.2, 0) is 9.53 Å². The van der Waals surface area contributed by atoms with Gasteiger partial charge in [-0.05, 0) is 58.5 Å². The standard InChI is InChI=1S/C15H24F3NO2/c1-2-21-13(20)11-14(19-9-3-4-10-19)7-5-12(6-8-14)15(16,17)18/h12H,2-11H2,1H3. The van der Waals surface area contributed by atoms with E-state index in [1.165, 1.54) is 0 Å². The van der Waals surface area contributed by atoms with Gasteiger partial charge in [0.2, 0.25) is 0 Å². The van der Waals surface area contributed by atoms with Gasteiger partial charge >= 0.3 is 12.1 Å². The van der Waals surface area contributed by atoms with Crippen molar-refractivity contribution in [1.82, 2.24) is 4.90 Å². The second kappa shape index (κ2) is 6.55. The van der Waals surface area contributed by atoms with Crippen LogP contribution in [-0.4, -0.2) is 42.3 Å². The van der Waals surface area contributed by atoms with Crippen molar-refractivity contribution in [1.29, 1.82) is 0 Å². The number of hydrogen-bond acceptors (Lipinski definition) is 3. The monoisotopic (exact) mass is 307 g/mol. The van der Waals surface area contributed by atoms with Crippen LogP contribution in [0.2, 0.25) is 0 Å². The maximum atomic E-state index is 12.8. The predicted molar refractivity (Wildman–Crippen MR) is 72.8 cm³/mol. The van der Waals surface area contributed by atoms with Crippen LogP contribution in [0.5, 0.6) is 0 Å². The van der Waals surface area contributed by atoms with E-state index in [0.29, 0.717) is 19.4 Å². The maximum Gasteiger partial charge on any atom is 0.391 e. The topological polar surface area (TPSA) is 29.5 Å². The molecule has 0 spiro atoms. The van der Waals surface area contributed by atoms with Gasteiger partial charge in [0.05, 0.1) is 18.9 Å². The number of likely N-dealkylation sites (tertiary alicyclic amines) is 1. The van der Waals surface area contributed by atoms with E-state index >= 15 is 0 Å². The van der Waals surface area contributed by atoms with Crippen LogP contribution in [0.15, 0.2) is 0 Å². The Bertz CT molecular complexity index is 356. The third kappa shape index (κ3) is 3.90. The molecule has 0 aromatic heterocycles. The maximum absolute atomic E-state index is 12.8. The molecule has 0 aromatic rings. The Labute approximate surface area is 123 Å². The number of carbonyl (C=O) groups excluding carboxylic acids is 1. The van der Waals surface area contributed by atoms with Crippen LogP contribution in [0.1, 0.15) is 51.9 Å². The number of hydrogen-bond donors (Lipinski definition) is 0. The molecule has 1 saturated heterocycles. The van der Waals surface area contributed by atoms with Crippen molar-refractivity contribution < 1.29 is 22.7 Å². The smallest absolute Gasteiger partial charge is 0.391 e. The summed E-state index contributed by atoms with van der Waals surface area (Å²) in [6.07, 6.45) is -0.627. The highest BCUT2D eigenvalue weighted by Crippen LogP contribution is 2.45. The first-order valence-electron chi connectivity index (χ1n) is 7.85. The Morgan fingerprint density at radius 3 is 2.29 bits per heavy atom. The van der Waals surface area contributed by atoms with Crippen molar-refractivity contribution in [2.45, 2.75) is 63.6 Å². The van der Waals surface area contributed by atoms with E-state index in [-0.39, 0.29) is 25.2 Å². The van der Waals surface area contributed by atoms with E-state index in [2.05, 4.69) is 4.90 Å². The number of carbonyl (C=O) groups is 1. The van der Waals surface area contributed by atoms with Crippen LogP contribution in [0.3, 0.4) is 0 Å². The zero-order valence-electron chi connectivity index (χ0n) is 12.5. The van der Waals surface area contributed by atoms with Gasteiger partial charge in [0.25, 0.3) is 0 Å². The van der Waals surface area contributed by atoms with Gasteiger partial charge in [-0.2, -0.15) is 13.2 Å². The Hall–Kier alpha value is -0.780. The molecular formula is C15H24F3NO2. The third-order valence-electron chi connectivity index (χ3n) is 4.93. The summed E-state index contributed by atoms with van der Waals surface area (Å²) in [5, 5.41) is 0. The highest BCUT2D eigenvalue weighted by Gasteiger charge is 2.49. The van der Waals surface area contributed by atoms with E-state index in [0.717, 1.165) is 25.9 Å². The molecule has 0 unspecified atom stereocenters. The van der Waals surface area contributed by atoms with Gasteiger partial charge in [-0.25, -0.2) is 0 Å². The lowest BCUT2D eigenvalue weighted by Gasteiger charge is -2.46. The second-order valence-electron chi connectivity index (χ2n) is 6.22. The minimum absolute atomic E-state index is 0.124. The summed E-state index contributed by atoms with van der Waals surface area (Å²) >= 11 is 0. The van der Waals surface area contributed by atoms with Gasteiger partial charge in [0.1, 0.15) is 0 Å². The first-order chi connectivity index (χ1) is 9.87. The van der Waals surface area contributed by atoms with Crippen molar-refractivity contribution >= 4 is 5.97 Å². The Kier molecular flexibility index (Phi) is 5.17. The molecule has 1 saturated carbocycles. The molecule has 1 aliphatic heterocycles. The van der Waals surface area contributed by atoms with E-state index < -0.39 is 17.6 Å². The highest BCUT2D eigenvalue weighted by atomic mass is 19.4. The van der Waals surface area contributed by atoms with Crippen molar-refractivity contribution in [3.63, 3.8) is 0 Å². The first kappa shape index (κ1) is 16.6. The van der Waals surface area contributed by atoms with Crippen LogP contribution in [0, 0.1) is 5.92 Å². The van der Waals surface area contributed by atoms with Gasteiger partial charge in [-0.15, -0.1) is 0 Å². The van der Waals surface area contributed by atoms with E-state index in [4.69, 9.17) is 4.74 Å². The fraction of sp³-hybridized carbons (Fsp3) is 0.933. The Morgan fingerprint density at radius 2 is 1.81 bits per heavy atom. The Balaban J connectivity index is 2.06. The van der Waals surface area contributed by atoms with Crippen LogP contribution >= 0.6 is 0 Å². The summed E-state index contributed by atoms with van der Waals surface area (Å²) in [7, 11) is 0. The number of ether oxygens (including phenoxy) is 1. The Morgan fingerprint density at radius 1 is 1.24 bits per heavy atom. The molecule has 122 valence electrons. The summed E-state index contributed by atoms with van der Waals surface area (Å²) < 4.78 is 43.6. The molecule has 0 bridgehead atoms. The first-order valence-corrected chi connectivity index (χ1v) is 7.85. The fourth-order valence-corrected chi connectivity index (χ4v) is 3.76. The number of esters is 1. The summed E-state index contributed by atoms with van der Waals surface area (Å²) in [4.78, 5) is 14.1. The molecule has 21 heavy (non-hydrogen) atoms. The summed E-state index contributed by atoms with van der Waals surface area (Å²) in [6, 6.07) is 0. The largest absolute Gasteiger partial charge is 0.466 e. The molecule has 0 atom stereocenters. The number of halogens is 3. The summed E-state index contributed by atoms with van der Waals surface area (Å²) in [5.41, 5.74) is -0.412. The van der Waals surface area contributed by atoms with Gasteiger partial charge in [0, 0.05) is 5.54 Å². The lowest BCUT2D eigenvalue weighted by Crippen LogP contribution is -2.52. The highest BCUT2D eigenvalue weighted by molar-refractivity contribution is 5.71. The summed E-state index contributed by atoms with van der Waals surface area (Å²) in [5.74, 6) is -1.50. The zero-order valence-corrected chi connectivity index (χ0v) is 12.5. The lowest BCUT2D eigenvalue weighted by molar-refractivity contribution is -0.189.